The molecule has 0 aliphatic carbocycles. The van der Waals surface area contributed by atoms with Gasteiger partial charge in [0, 0.05) is 10.6 Å². The van der Waals surface area contributed by atoms with E-state index in [0.29, 0.717) is 5.75 Å². The largest absolute Gasteiger partial charge is 0.508 e. The van der Waals surface area contributed by atoms with Crippen molar-refractivity contribution in [3.63, 3.8) is 0 Å². The standard InChI is InChI=1S/C13H11NOS/c15-10-5-3-4-9(8-10)13-14-11-6-1-2-7-12(11)16-13/h1-8,13-15H. The number of nitrogens with one attached hydrogen (secondary N) is 1. The first-order chi connectivity index (χ1) is 7.83. The molecule has 2 nitrogen and oxygen atoms in total. The van der Waals surface area contributed by atoms with Crippen molar-refractivity contribution < 1.29 is 5.11 Å². The molecule has 1 aliphatic heterocycles. The first-order valence-electron chi connectivity index (χ1n) is 5.14. The highest BCUT2D eigenvalue weighted by atomic mass is 32.2. The summed E-state index contributed by atoms with van der Waals surface area (Å²) in [4.78, 5) is 1.26. The summed E-state index contributed by atoms with van der Waals surface area (Å²) in [6.45, 7) is 0. The molecule has 1 atom stereocenters. The van der Waals surface area contributed by atoms with Crippen LogP contribution in [0.15, 0.2) is 53.4 Å². The first kappa shape index (κ1) is 9.60. The molecule has 0 amide bonds. The lowest BCUT2D eigenvalue weighted by molar-refractivity contribution is 0.474. The lowest BCUT2D eigenvalue weighted by Crippen LogP contribution is -2.00. The Bertz CT molecular complexity index is 502. The molecule has 0 fully saturated rings. The van der Waals surface area contributed by atoms with E-state index in [1.165, 1.54) is 10.6 Å². The fraction of sp³-hybridized carbons (Fsp3) is 0.0769. The molecule has 0 radical (unpaired) electrons. The van der Waals surface area contributed by atoms with Crippen LogP contribution < -0.4 is 5.32 Å². The number of aromatic hydroxyl groups is 1. The molecule has 0 bridgehead atoms. The molecule has 1 heterocycles. The topological polar surface area (TPSA) is 32.3 Å². The lowest BCUT2D eigenvalue weighted by Gasteiger charge is -2.10. The molecule has 2 aromatic rings. The van der Waals surface area contributed by atoms with Crippen LogP contribution in [0.1, 0.15) is 10.9 Å². The Labute approximate surface area is 98.3 Å². The zero-order chi connectivity index (χ0) is 11.0. The molecule has 0 spiro atoms. The molecule has 3 rings (SSSR count). The second-order valence-electron chi connectivity index (χ2n) is 3.73. The van der Waals surface area contributed by atoms with Gasteiger partial charge in [0.15, 0.2) is 0 Å². The van der Waals surface area contributed by atoms with Gasteiger partial charge in [-0.05, 0) is 29.8 Å². The molecular formula is C13H11NOS. The third-order valence-corrected chi connectivity index (χ3v) is 3.83. The molecule has 80 valence electrons. The maximum Gasteiger partial charge on any atom is 0.115 e. The van der Waals surface area contributed by atoms with Crippen molar-refractivity contribution in [1.29, 1.82) is 0 Å². The van der Waals surface area contributed by atoms with Gasteiger partial charge in [-0.25, -0.2) is 0 Å². The number of hydrogen-bond acceptors (Lipinski definition) is 3. The van der Waals surface area contributed by atoms with E-state index in [0.717, 1.165) is 5.56 Å². The summed E-state index contributed by atoms with van der Waals surface area (Å²) in [6.07, 6.45) is 0. The van der Waals surface area contributed by atoms with Gasteiger partial charge in [-0.2, -0.15) is 0 Å². The summed E-state index contributed by atoms with van der Waals surface area (Å²) in [7, 11) is 0. The van der Waals surface area contributed by atoms with Gasteiger partial charge in [0.25, 0.3) is 0 Å². The highest BCUT2D eigenvalue weighted by Gasteiger charge is 2.22. The summed E-state index contributed by atoms with van der Waals surface area (Å²) in [5.74, 6) is 0.316. The van der Waals surface area contributed by atoms with Crippen molar-refractivity contribution in [2.24, 2.45) is 0 Å². The lowest BCUT2D eigenvalue weighted by atomic mass is 10.2. The molecule has 0 aromatic heterocycles. The Morgan fingerprint density at radius 2 is 1.94 bits per heavy atom. The van der Waals surface area contributed by atoms with Gasteiger partial charge in [-0.3, -0.25) is 0 Å². The quantitative estimate of drug-likeness (QED) is 0.783. The molecule has 1 unspecified atom stereocenters. The minimum atomic E-state index is 0.199. The smallest absolute Gasteiger partial charge is 0.115 e. The predicted octanol–water partition coefficient (Wildman–Crippen LogP) is 3.61. The van der Waals surface area contributed by atoms with Crippen LogP contribution >= 0.6 is 11.8 Å². The van der Waals surface area contributed by atoms with E-state index >= 15 is 0 Å². The SMILES string of the molecule is Oc1cccc(C2Nc3ccccc3S2)c1. The number of hydrogen-bond donors (Lipinski definition) is 2. The Hall–Kier alpha value is -1.61. The second kappa shape index (κ2) is 3.76. The van der Waals surface area contributed by atoms with Gasteiger partial charge >= 0.3 is 0 Å². The summed E-state index contributed by atoms with van der Waals surface area (Å²) in [5.41, 5.74) is 2.27. The number of phenolic OH excluding ortho intramolecular Hbond substituents is 1. The maximum atomic E-state index is 9.45. The highest BCUT2D eigenvalue weighted by Crippen LogP contribution is 2.46. The van der Waals surface area contributed by atoms with Crippen molar-refractivity contribution >= 4 is 17.4 Å². The van der Waals surface area contributed by atoms with Crippen molar-refractivity contribution in [2.75, 3.05) is 5.32 Å². The molecule has 0 saturated heterocycles. The first-order valence-corrected chi connectivity index (χ1v) is 6.02. The Morgan fingerprint density at radius 1 is 1.06 bits per heavy atom. The van der Waals surface area contributed by atoms with Crippen LogP contribution in [-0.2, 0) is 0 Å². The number of phenols is 1. The van der Waals surface area contributed by atoms with Gasteiger partial charge in [0.2, 0.25) is 0 Å². The highest BCUT2D eigenvalue weighted by molar-refractivity contribution is 8.00. The van der Waals surface area contributed by atoms with E-state index in [1.54, 1.807) is 23.9 Å². The molecule has 3 heteroatoms. The van der Waals surface area contributed by atoms with Crippen molar-refractivity contribution in [2.45, 2.75) is 10.3 Å². The molecule has 0 saturated carbocycles. The van der Waals surface area contributed by atoms with E-state index < -0.39 is 0 Å². The van der Waals surface area contributed by atoms with Crippen LogP contribution in [0.3, 0.4) is 0 Å². The summed E-state index contributed by atoms with van der Waals surface area (Å²) >= 11 is 1.78. The number of thioether (sulfide) groups is 1. The zero-order valence-electron chi connectivity index (χ0n) is 8.55. The van der Waals surface area contributed by atoms with Gasteiger partial charge in [-0.15, -0.1) is 0 Å². The van der Waals surface area contributed by atoms with E-state index in [2.05, 4.69) is 17.4 Å². The van der Waals surface area contributed by atoms with Crippen molar-refractivity contribution in [3.05, 3.63) is 54.1 Å². The summed E-state index contributed by atoms with van der Waals surface area (Å²) in [6, 6.07) is 15.6. The van der Waals surface area contributed by atoms with E-state index in [9.17, 15) is 5.11 Å². The number of rotatable bonds is 1. The maximum absolute atomic E-state index is 9.45. The average molecular weight is 229 g/mol. The molecule has 16 heavy (non-hydrogen) atoms. The Kier molecular flexibility index (Phi) is 2.26. The van der Waals surface area contributed by atoms with Crippen molar-refractivity contribution in [3.8, 4) is 5.75 Å². The number of anilines is 1. The van der Waals surface area contributed by atoms with Crippen LogP contribution in [0.5, 0.6) is 5.75 Å². The molecule has 2 N–H and O–H groups in total. The normalized spacial score (nSPS) is 17.9. The third-order valence-electron chi connectivity index (χ3n) is 2.59. The van der Waals surface area contributed by atoms with Crippen LogP contribution in [0.25, 0.3) is 0 Å². The Morgan fingerprint density at radius 3 is 2.75 bits per heavy atom. The fourth-order valence-electron chi connectivity index (χ4n) is 1.83. The number of para-hydroxylation sites is 1. The minimum Gasteiger partial charge on any atom is -0.508 e. The van der Waals surface area contributed by atoms with Crippen LogP contribution in [0, 0.1) is 0 Å². The fourth-order valence-corrected chi connectivity index (χ4v) is 2.96. The summed E-state index contributed by atoms with van der Waals surface area (Å²) in [5, 5.41) is 13.1. The third kappa shape index (κ3) is 1.63. The molecule has 1 aliphatic rings. The number of benzene rings is 2. The molecule has 2 aromatic carbocycles. The van der Waals surface area contributed by atoms with E-state index in [1.807, 2.05) is 24.3 Å². The second-order valence-corrected chi connectivity index (χ2v) is 4.88. The van der Waals surface area contributed by atoms with E-state index in [4.69, 9.17) is 0 Å². The van der Waals surface area contributed by atoms with Crippen molar-refractivity contribution in [1.82, 2.24) is 0 Å². The Balaban J connectivity index is 1.91. The molecular weight excluding hydrogens is 218 g/mol. The predicted molar refractivity (Wildman–Crippen MR) is 66.8 cm³/mol. The monoisotopic (exact) mass is 229 g/mol. The van der Waals surface area contributed by atoms with Crippen LogP contribution in [0.2, 0.25) is 0 Å². The van der Waals surface area contributed by atoms with Gasteiger partial charge < -0.3 is 10.4 Å². The average Bonchev–Trinajstić information content (AvgIpc) is 2.72. The van der Waals surface area contributed by atoms with Gasteiger partial charge in [0.05, 0.1) is 0 Å². The van der Waals surface area contributed by atoms with Gasteiger partial charge in [0.1, 0.15) is 11.1 Å². The summed E-state index contributed by atoms with van der Waals surface area (Å²) < 4.78 is 0. The van der Waals surface area contributed by atoms with Crippen LogP contribution in [0.4, 0.5) is 5.69 Å². The van der Waals surface area contributed by atoms with E-state index in [-0.39, 0.29) is 5.37 Å². The van der Waals surface area contributed by atoms with Gasteiger partial charge in [-0.1, -0.05) is 36.0 Å². The number of fused-ring (bicyclic) bond motifs is 1. The van der Waals surface area contributed by atoms with Crippen LogP contribution in [-0.4, -0.2) is 5.11 Å². The zero-order valence-corrected chi connectivity index (χ0v) is 9.37. The minimum absolute atomic E-state index is 0.199.